The largest absolute Gasteiger partial charge is 1.00 e. The standard InChI is InChI=1S/C6H8O7.C4H8O.Li.H/c7-3(8)1-6(13,5(11)12)2-4(9)10;1-2-4-5-3-1;;/h13H,1-2H2,(H,7,8)(H,9,10)(H,11,12);1-4H2;;/q;;+1;-1. The molecule has 0 bridgehead atoms. The summed E-state index contributed by atoms with van der Waals surface area (Å²) >= 11 is 0. The molecule has 1 heterocycles. The van der Waals surface area contributed by atoms with Crippen LogP contribution in [0.3, 0.4) is 0 Å². The van der Waals surface area contributed by atoms with Crippen LogP contribution in [0.5, 0.6) is 0 Å². The van der Waals surface area contributed by atoms with E-state index in [0.29, 0.717) is 0 Å². The zero-order chi connectivity index (χ0) is 14.2. The SMILES string of the molecule is C1CCOC1.O=C(O)CC(O)(CC(=O)O)C(=O)O.[H-].[Li+]. The van der Waals surface area contributed by atoms with Crippen molar-refractivity contribution in [3.63, 3.8) is 0 Å². The summed E-state index contributed by atoms with van der Waals surface area (Å²) in [4.78, 5) is 30.5. The van der Waals surface area contributed by atoms with Crippen molar-refractivity contribution in [1.82, 2.24) is 0 Å². The maximum atomic E-state index is 10.3. The minimum absolute atomic E-state index is 0. The molecular weight excluding hydrogens is 255 g/mol. The van der Waals surface area contributed by atoms with E-state index < -0.39 is 36.4 Å². The first-order chi connectivity index (χ1) is 8.28. The summed E-state index contributed by atoms with van der Waals surface area (Å²) in [6.07, 6.45) is 0.267. The molecule has 0 spiro atoms. The Kier molecular flexibility index (Phi) is 10.4. The third kappa shape index (κ3) is 9.50. The molecule has 0 aromatic rings. The summed E-state index contributed by atoms with van der Waals surface area (Å²) < 4.78 is 4.94. The summed E-state index contributed by atoms with van der Waals surface area (Å²) in [5.41, 5.74) is -2.74. The molecule has 1 saturated heterocycles. The number of hydrogen-bond donors (Lipinski definition) is 4. The molecule has 0 aliphatic carbocycles. The quantitative estimate of drug-likeness (QED) is 0.381. The summed E-state index contributed by atoms with van der Waals surface area (Å²) in [6.45, 7) is 2.00. The van der Waals surface area contributed by atoms with E-state index in [1.165, 1.54) is 12.8 Å². The van der Waals surface area contributed by atoms with Crippen LogP contribution in [0, 0.1) is 0 Å². The van der Waals surface area contributed by atoms with Crippen LogP contribution >= 0.6 is 0 Å². The molecule has 106 valence electrons. The smallest absolute Gasteiger partial charge is 1.00 e. The molecule has 1 fully saturated rings. The Bertz CT molecular complexity index is 295. The molecule has 0 amide bonds. The van der Waals surface area contributed by atoms with E-state index in [-0.39, 0.29) is 20.3 Å². The Morgan fingerprint density at radius 3 is 1.53 bits per heavy atom. The number of carbonyl (C=O) groups is 3. The minimum atomic E-state index is -2.74. The van der Waals surface area contributed by atoms with Crippen molar-refractivity contribution in [3.8, 4) is 0 Å². The average molecular weight is 272 g/mol. The zero-order valence-corrected chi connectivity index (χ0v) is 10.7. The Morgan fingerprint density at radius 1 is 1.00 bits per heavy atom. The second-order valence-corrected chi connectivity index (χ2v) is 3.80. The van der Waals surface area contributed by atoms with Crippen LogP contribution < -0.4 is 18.9 Å². The van der Waals surface area contributed by atoms with Crippen LogP contribution in [0.1, 0.15) is 27.1 Å². The Balaban J connectivity index is -0.000000348. The number of aliphatic carboxylic acids is 3. The van der Waals surface area contributed by atoms with Gasteiger partial charge in [0, 0.05) is 13.2 Å². The topological polar surface area (TPSA) is 141 Å². The van der Waals surface area contributed by atoms with Gasteiger partial charge in [0.2, 0.25) is 0 Å². The number of rotatable bonds is 5. The van der Waals surface area contributed by atoms with E-state index in [1.807, 2.05) is 0 Å². The number of aliphatic hydroxyl groups is 1. The molecular formula is C10H17LiO8. The molecule has 0 aromatic carbocycles. The second-order valence-electron chi connectivity index (χ2n) is 3.80. The maximum absolute atomic E-state index is 10.3. The average Bonchev–Trinajstić information content (AvgIpc) is 2.71. The van der Waals surface area contributed by atoms with Gasteiger partial charge in [-0.1, -0.05) is 0 Å². The molecule has 19 heavy (non-hydrogen) atoms. The molecule has 0 unspecified atom stereocenters. The van der Waals surface area contributed by atoms with Gasteiger partial charge >= 0.3 is 36.8 Å². The third-order valence-corrected chi connectivity index (χ3v) is 2.11. The van der Waals surface area contributed by atoms with Crippen molar-refractivity contribution < 1.29 is 59.8 Å². The summed E-state index contributed by atoms with van der Waals surface area (Å²) in [7, 11) is 0. The van der Waals surface area contributed by atoms with Crippen LogP contribution in [-0.2, 0) is 19.1 Å². The Labute approximate surface area is 123 Å². The fourth-order valence-corrected chi connectivity index (χ4v) is 1.22. The first-order valence-corrected chi connectivity index (χ1v) is 5.25. The molecule has 0 saturated carbocycles. The van der Waals surface area contributed by atoms with E-state index >= 15 is 0 Å². The Hall–Kier alpha value is -1.07. The number of ether oxygens (including phenoxy) is 1. The predicted molar refractivity (Wildman–Crippen MR) is 58.3 cm³/mol. The van der Waals surface area contributed by atoms with Crippen LogP contribution in [-0.4, -0.2) is 57.1 Å². The Morgan fingerprint density at radius 2 is 1.37 bits per heavy atom. The van der Waals surface area contributed by atoms with Crippen LogP contribution in [0.2, 0.25) is 0 Å². The van der Waals surface area contributed by atoms with Gasteiger partial charge in [0.05, 0.1) is 12.8 Å². The second kappa shape index (κ2) is 9.81. The van der Waals surface area contributed by atoms with E-state index in [0.717, 1.165) is 13.2 Å². The fraction of sp³-hybridized carbons (Fsp3) is 0.700. The van der Waals surface area contributed by atoms with Gasteiger partial charge in [0.15, 0.2) is 5.60 Å². The van der Waals surface area contributed by atoms with Crippen molar-refractivity contribution in [2.75, 3.05) is 13.2 Å². The predicted octanol–water partition coefficient (Wildman–Crippen LogP) is -3.34. The van der Waals surface area contributed by atoms with Gasteiger partial charge in [0.25, 0.3) is 0 Å². The number of hydrogen-bond acceptors (Lipinski definition) is 5. The zero-order valence-electron chi connectivity index (χ0n) is 11.7. The first kappa shape index (κ1) is 20.2. The van der Waals surface area contributed by atoms with Gasteiger partial charge in [0.1, 0.15) is 0 Å². The normalized spacial score (nSPS) is 13.7. The van der Waals surface area contributed by atoms with Crippen molar-refractivity contribution >= 4 is 17.9 Å². The molecule has 1 rings (SSSR count). The molecule has 1 aliphatic rings. The van der Waals surface area contributed by atoms with Gasteiger partial charge in [-0.2, -0.15) is 0 Å². The van der Waals surface area contributed by atoms with Gasteiger partial charge < -0.3 is 26.6 Å². The van der Waals surface area contributed by atoms with Crippen molar-refractivity contribution in [2.45, 2.75) is 31.3 Å². The third-order valence-electron chi connectivity index (χ3n) is 2.11. The van der Waals surface area contributed by atoms with Gasteiger partial charge in [-0.3, -0.25) is 9.59 Å². The summed E-state index contributed by atoms with van der Waals surface area (Å²) in [5, 5.41) is 33.8. The van der Waals surface area contributed by atoms with Gasteiger partial charge in [-0.05, 0) is 12.8 Å². The number of carboxylic acids is 3. The fourth-order valence-electron chi connectivity index (χ4n) is 1.22. The summed E-state index contributed by atoms with van der Waals surface area (Å²) in [5.74, 6) is -5.02. The molecule has 1 aliphatic heterocycles. The molecule has 9 heteroatoms. The molecule has 4 N–H and O–H groups in total. The summed E-state index contributed by atoms with van der Waals surface area (Å²) in [6, 6.07) is 0. The monoisotopic (exact) mass is 272 g/mol. The minimum Gasteiger partial charge on any atom is -1.00 e. The molecule has 0 atom stereocenters. The van der Waals surface area contributed by atoms with Gasteiger partial charge in [-0.25, -0.2) is 4.79 Å². The van der Waals surface area contributed by atoms with Crippen molar-refractivity contribution in [1.29, 1.82) is 0 Å². The van der Waals surface area contributed by atoms with E-state index in [9.17, 15) is 14.4 Å². The molecule has 0 radical (unpaired) electrons. The first-order valence-electron chi connectivity index (χ1n) is 5.25. The number of carboxylic acid groups (broad SMARTS) is 3. The maximum Gasteiger partial charge on any atom is 1.00 e. The van der Waals surface area contributed by atoms with Crippen LogP contribution in [0.25, 0.3) is 0 Å². The van der Waals surface area contributed by atoms with Gasteiger partial charge in [-0.15, -0.1) is 0 Å². The van der Waals surface area contributed by atoms with E-state index in [4.69, 9.17) is 25.2 Å². The molecule has 0 aromatic heterocycles. The van der Waals surface area contributed by atoms with Crippen LogP contribution in [0.4, 0.5) is 0 Å². The van der Waals surface area contributed by atoms with E-state index in [2.05, 4.69) is 0 Å². The van der Waals surface area contributed by atoms with Crippen LogP contribution in [0.15, 0.2) is 0 Å². The van der Waals surface area contributed by atoms with Crippen molar-refractivity contribution in [2.24, 2.45) is 0 Å². The molecule has 8 nitrogen and oxygen atoms in total. The van der Waals surface area contributed by atoms with E-state index in [1.54, 1.807) is 0 Å². The van der Waals surface area contributed by atoms with Crippen molar-refractivity contribution in [3.05, 3.63) is 0 Å².